The van der Waals surface area contributed by atoms with E-state index in [0.717, 1.165) is 21.8 Å². The van der Waals surface area contributed by atoms with Crippen molar-refractivity contribution in [1.82, 2.24) is 14.7 Å². The van der Waals surface area contributed by atoms with Gasteiger partial charge in [-0.2, -0.15) is 0 Å². The molecule has 2 aromatic heterocycles. The molecule has 4 rings (SSSR count). The Morgan fingerprint density at radius 1 is 1.23 bits per heavy atom. The highest BCUT2D eigenvalue weighted by molar-refractivity contribution is 7.15. The quantitative estimate of drug-likeness (QED) is 0.367. The summed E-state index contributed by atoms with van der Waals surface area (Å²) in [6.45, 7) is 1.83. The normalized spacial score (nSPS) is 11.5. The van der Waals surface area contributed by atoms with Gasteiger partial charge in [-0.3, -0.25) is 14.5 Å². The van der Waals surface area contributed by atoms with Crippen molar-refractivity contribution in [2.45, 2.75) is 6.92 Å². The van der Waals surface area contributed by atoms with Gasteiger partial charge in [-0.05, 0) is 36.8 Å². The molecule has 0 saturated carbocycles. The van der Waals surface area contributed by atoms with Crippen molar-refractivity contribution < 1.29 is 14.3 Å². The number of fused-ring (bicyclic) bond motifs is 1. The number of aliphatic imine (C=N–C) groups is 1. The molecule has 0 spiro atoms. The van der Waals surface area contributed by atoms with Crippen LogP contribution in [0.25, 0.3) is 16.2 Å². The molecule has 2 aromatic carbocycles. The molecule has 0 bridgehead atoms. The number of benzene rings is 2. The lowest BCUT2D eigenvalue weighted by Gasteiger charge is -2.12. The molecule has 0 atom stereocenters. The van der Waals surface area contributed by atoms with E-state index >= 15 is 0 Å². The molecule has 0 saturated heterocycles. The van der Waals surface area contributed by atoms with Crippen molar-refractivity contribution in [1.29, 1.82) is 0 Å². The third-order valence-corrected chi connectivity index (χ3v) is 5.42. The molecule has 31 heavy (non-hydrogen) atoms. The number of carbonyl (C=O) groups excluding carboxylic acids is 1. The van der Waals surface area contributed by atoms with E-state index in [-0.39, 0.29) is 5.96 Å². The van der Waals surface area contributed by atoms with Crippen molar-refractivity contribution in [2.24, 2.45) is 10.7 Å². The number of amides is 1. The molecule has 0 fully saturated rings. The second-order valence-corrected chi connectivity index (χ2v) is 7.62. The third-order valence-electron chi connectivity index (χ3n) is 4.65. The summed E-state index contributed by atoms with van der Waals surface area (Å²) in [6, 6.07) is 10.8. The predicted molar refractivity (Wildman–Crippen MR) is 122 cm³/mol. The maximum Gasteiger partial charge on any atom is 0.258 e. The molecular weight excluding hydrogens is 414 g/mol. The van der Waals surface area contributed by atoms with Crippen LogP contribution in [0, 0.1) is 6.92 Å². The van der Waals surface area contributed by atoms with Crippen LogP contribution in [0.1, 0.15) is 15.9 Å². The number of aryl methyl sites for hydroxylation is 1. The summed E-state index contributed by atoms with van der Waals surface area (Å²) in [6.07, 6.45) is 3.92. The topological polar surface area (TPSA) is 103 Å². The standard InChI is InChI=1S/C22H21N5O3S/c1-13-9-15(11-18(29-2)19(13)30-3)20(28)26-21(23)24-16-6-4-5-14(10-16)17-12-27-7-8-31-22(27)25-17/h4-12H,1-3H3,(H3,23,24,26,28). The number of rotatable bonds is 5. The molecule has 1 amide bonds. The van der Waals surface area contributed by atoms with Crippen LogP contribution in [-0.2, 0) is 0 Å². The van der Waals surface area contributed by atoms with Gasteiger partial charge in [0.2, 0.25) is 5.96 Å². The second kappa shape index (κ2) is 8.49. The maximum atomic E-state index is 12.6. The monoisotopic (exact) mass is 435 g/mol. The number of aromatic nitrogens is 2. The SMILES string of the molecule is COc1cc(C(=O)NC(N)=Nc2cccc(-c3cn4ccsc4n3)c2)cc(C)c1OC. The lowest BCUT2D eigenvalue weighted by molar-refractivity contribution is 0.0976. The van der Waals surface area contributed by atoms with Gasteiger partial charge in [-0.25, -0.2) is 9.98 Å². The molecular formula is C22H21N5O3S. The zero-order chi connectivity index (χ0) is 22.0. The molecule has 0 aliphatic heterocycles. The molecule has 8 nitrogen and oxygen atoms in total. The molecule has 2 heterocycles. The molecule has 0 aliphatic rings. The highest BCUT2D eigenvalue weighted by Gasteiger charge is 2.15. The Morgan fingerprint density at radius 2 is 2.06 bits per heavy atom. The number of nitrogens with two attached hydrogens (primary N) is 1. The molecule has 0 unspecified atom stereocenters. The van der Waals surface area contributed by atoms with Gasteiger partial charge in [-0.15, -0.1) is 11.3 Å². The van der Waals surface area contributed by atoms with E-state index in [4.69, 9.17) is 15.2 Å². The smallest absolute Gasteiger partial charge is 0.258 e. The minimum atomic E-state index is -0.393. The van der Waals surface area contributed by atoms with Crippen LogP contribution in [0.2, 0.25) is 0 Å². The van der Waals surface area contributed by atoms with Gasteiger partial charge >= 0.3 is 0 Å². The first-order chi connectivity index (χ1) is 15.0. The molecule has 4 aromatic rings. The van der Waals surface area contributed by atoms with E-state index in [2.05, 4.69) is 15.3 Å². The number of carbonyl (C=O) groups is 1. The predicted octanol–water partition coefficient (Wildman–Crippen LogP) is 3.76. The molecule has 9 heteroatoms. The number of ether oxygens (including phenoxy) is 2. The summed E-state index contributed by atoms with van der Waals surface area (Å²) < 4.78 is 12.6. The number of hydrogen-bond acceptors (Lipinski definition) is 6. The zero-order valence-corrected chi connectivity index (χ0v) is 18.1. The molecule has 3 N–H and O–H groups in total. The Labute approximate surface area is 183 Å². The number of nitrogens with one attached hydrogen (secondary N) is 1. The van der Waals surface area contributed by atoms with Crippen LogP contribution in [0.15, 0.2) is 59.2 Å². The van der Waals surface area contributed by atoms with E-state index in [9.17, 15) is 4.79 Å². The van der Waals surface area contributed by atoms with Crippen molar-refractivity contribution in [3.05, 3.63) is 65.3 Å². The van der Waals surface area contributed by atoms with E-state index in [1.165, 1.54) is 7.11 Å². The van der Waals surface area contributed by atoms with Gasteiger partial charge in [0.1, 0.15) is 0 Å². The van der Waals surface area contributed by atoms with Crippen molar-refractivity contribution in [3.63, 3.8) is 0 Å². The highest BCUT2D eigenvalue weighted by Crippen LogP contribution is 2.32. The summed E-state index contributed by atoms with van der Waals surface area (Å²) in [4.78, 5) is 22.5. The van der Waals surface area contributed by atoms with Crippen LogP contribution in [-0.4, -0.2) is 35.5 Å². The number of hydrogen-bond donors (Lipinski definition) is 2. The Hall–Kier alpha value is -3.85. The van der Waals surface area contributed by atoms with Crippen molar-refractivity contribution in [3.8, 4) is 22.8 Å². The summed E-state index contributed by atoms with van der Waals surface area (Å²) in [5.41, 5.74) is 9.50. The minimum Gasteiger partial charge on any atom is -0.493 e. The lowest BCUT2D eigenvalue weighted by atomic mass is 10.1. The van der Waals surface area contributed by atoms with E-state index in [1.54, 1.807) is 30.6 Å². The molecule has 0 aliphatic carbocycles. The van der Waals surface area contributed by atoms with Crippen molar-refractivity contribution >= 4 is 33.9 Å². The second-order valence-electron chi connectivity index (χ2n) is 6.75. The van der Waals surface area contributed by atoms with Crippen LogP contribution >= 0.6 is 11.3 Å². The first-order valence-electron chi connectivity index (χ1n) is 9.39. The fourth-order valence-corrected chi connectivity index (χ4v) is 3.94. The van der Waals surface area contributed by atoms with E-state index < -0.39 is 5.91 Å². The van der Waals surface area contributed by atoms with Crippen LogP contribution in [0.4, 0.5) is 5.69 Å². The summed E-state index contributed by atoms with van der Waals surface area (Å²) in [5.74, 6) is 0.642. The molecule has 0 radical (unpaired) electrons. The summed E-state index contributed by atoms with van der Waals surface area (Å²) in [5, 5.41) is 4.59. The van der Waals surface area contributed by atoms with Gasteiger partial charge in [-0.1, -0.05) is 12.1 Å². The third kappa shape index (κ3) is 4.22. The van der Waals surface area contributed by atoms with Gasteiger partial charge in [0.15, 0.2) is 16.5 Å². The Bertz CT molecular complexity index is 1260. The Balaban J connectivity index is 1.54. The first-order valence-corrected chi connectivity index (χ1v) is 10.3. The largest absolute Gasteiger partial charge is 0.493 e. The van der Waals surface area contributed by atoms with Crippen LogP contribution < -0.4 is 20.5 Å². The van der Waals surface area contributed by atoms with Gasteiger partial charge in [0, 0.05) is 28.9 Å². The van der Waals surface area contributed by atoms with Crippen LogP contribution in [0.3, 0.4) is 0 Å². The summed E-state index contributed by atoms with van der Waals surface area (Å²) >= 11 is 1.57. The fourth-order valence-electron chi connectivity index (χ4n) is 3.24. The van der Waals surface area contributed by atoms with Gasteiger partial charge in [0.25, 0.3) is 5.91 Å². The number of imidazole rings is 1. The highest BCUT2D eigenvalue weighted by atomic mass is 32.1. The lowest BCUT2D eigenvalue weighted by Crippen LogP contribution is -2.36. The number of thiazole rings is 1. The number of methoxy groups -OCH3 is 2. The fraction of sp³-hybridized carbons (Fsp3) is 0.136. The zero-order valence-electron chi connectivity index (χ0n) is 17.2. The van der Waals surface area contributed by atoms with Crippen LogP contribution in [0.5, 0.6) is 11.5 Å². The average Bonchev–Trinajstić information content (AvgIpc) is 3.35. The molecule has 158 valence electrons. The first kappa shape index (κ1) is 20.4. The van der Waals surface area contributed by atoms with E-state index in [1.807, 2.05) is 53.4 Å². The van der Waals surface area contributed by atoms with Crippen molar-refractivity contribution in [2.75, 3.05) is 14.2 Å². The van der Waals surface area contributed by atoms with Gasteiger partial charge in [0.05, 0.1) is 25.6 Å². The number of nitrogens with zero attached hydrogens (tertiary/aromatic N) is 3. The maximum absolute atomic E-state index is 12.6. The Kier molecular flexibility index (Phi) is 5.59. The Morgan fingerprint density at radius 3 is 2.81 bits per heavy atom. The minimum absolute atomic E-state index is 0.0135. The number of guanidine groups is 1. The summed E-state index contributed by atoms with van der Waals surface area (Å²) in [7, 11) is 3.07. The average molecular weight is 436 g/mol. The van der Waals surface area contributed by atoms with E-state index in [0.29, 0.717) is 22.7 Å². The van der Waals surface area contributed by atoms with Gasteiger partial charge < -0.3 is 15.2 Å².